The molecule has 1 atom stereocenters. The lowest BCUT2D eigenvalue weighted by Crippen LogP contribution is -2.34. The van der Waals surface area contributed by atoms with E-state index >= 15 is 0 Å². The summed E-state index contributed by atoms with van der Waals surface area (Å²) in [4.78, 5) is 23.3. The molecule has 0 radical (unpaired) electrons. The number of rotatable bonds is 8. The molecule has 1 aliphatic heterocycles. The largest absolute Gasteiger partial charge is 0.496 e. The molecule has 2 heterocycles. The molecule has 1 aromatic carbocycles. The highest BCUT2D eigenvalue weighted by atomic mass is 19.4. The highest BCUT2D eigenvalue weighted by molar-refractivity contribution is 6.07. The number of carbonyl (C=O) groups excluding carboxylic acids is 1. The summed E-state index contributed by atoms with van der Waals surface area (Å²) in [6, 6.07) is 6.58. The lowest BCUT2D eigenvalue weighted by atomic mass is 9.85. The van der Waals surface area contributed by atoms with Gasteiger partial charge in [0.05, 0.1) is 18.4 Å². The standard InChI is InChI=1S/C31H36F3N5O2/c1-5-19(2)27(28-29(35)37-15-16-39(28)20(3)21-9-7-6-8-10-21)24-12-11-22(17-25(24)41-4)30(40)38-26-18-23(13-14-36-26)31(32,33)34/h11-19,21H,3,5-10H2,1-2,4H3,(H2,35,37)(H,36,38,40)/b28-27+. The normalized spacial score (nSPS) is 18.0. The summed E-state index contributed by atoms with van der Waals surface area (Å²) in [7, 11) is 1.50. The first-order valence-corrected chi connectivity index (χ1v) is 13.8. The van der Waals surface area contributed by atoms with Gasteiger partial charge in [0.25, 0.3) is 5.91 Å². The number of hydrogen-bond donors (Lipinski definition) is 2. The molecule has 218 valence electrons. The molecule has 1 unspecified atom stereocenters. The fourth-order valence-electron chi connectivity index (χ4n) is 5.33. The van der Waals surface area contributed by atoms with E-state index < -0.39 is 17.6 Å². The van der Waals surface area contributed by atoms with Crippen molar-refractivity contribution in [3.05, 3.63) is 83.6 Å². The summed E-state index contributed by atoms with van der Waals surface area (Å²) in [6.07, 6.45) is 6.50. The van der Waals surface area contributed by atoms with Gasteiger partial charge in [0.15, 0.2) is 0 Å². The second-order valence-corrected chi connectivity index (χ2v) is 10.4. The Hall–Kier alpha value is -4.08. The molecule has 2 aromatic rings. The van der Waals surface area contributed by atoms with Gasteiger partial charge in [0.1, 0.15) is 17.4 Å². The Balaban J connectivity index is 1.73. The average Bonchev–Trinajstić information content (AvgIpc) is 2.97. The number of halogens is 3. The minimum absolute atomic E-state index is 0.0368. The van der Waals surface area contributed by atoms with E-state index in [-0.39, 0.29) is 17.3 Å². The number of pyridine rings is 1. The summed E-state index contributed by atoms with van der Waals surface area (Å²) in [5.41, 5.74) is 9.18. The lowest BCUT2D eigenvalue weighted by Gasteiger charge is -2.36. The minimum atomic E-state index is -4.55. The van der Waals surface area contributed by atoms with Crippen molar-refractivity contribution in [2.45, 2.75) is 58.5 Å². The number of allylic oxidation sites excluding steroid dienone is 2. The fourth-order valence-corrected chi connectivity index (χ4v) is 5.33. The summed E-state index contributed by atoms with van der Waals surface area (Å²) in [5, 5.41) is 2.45. The molecule has 1 fully saturated rings. The number of benzene rings is 1. The SMILES string of the molecule is C=C(C1CCCCC1)N1C=CN=C(N)/C1=C(\c1ccc(C(=O)Nc2cc(C(F)(F)F)ccn2)cc1OC)C(C)CC. The van der Waals surface area contributed by atoms with Gasteiger partial charge in [0, 0.05) is 35.4 Å². The monoisotopic (exact) mass is 567 g/mol. The zero-order chi connectivity index (χ0) is 29.7. The van der Waals surface area contributed by atoms with Crippen LogP contribution in [0.1, 0.15) is 73.9 Å². The zero-order valence-electron chi connectivity index (χ0n) is 23.6. The number of nitrogens with one attached hydrogen (secondary N) is 1. The van der Waals surface area contributed by atoms with E-state index in [4.69, 9.17) is 10.5 Å². The van der Waals surface area contributed by atoms with E-state index in [9.17, 15) is 18.0 Å². The van der Waals surface area contributed by atoms with Crippen molar-refractivity contribution in [2.75, 3.05) is 12.4 Å². The second-order valence-electron chi connectivity index (χ2n) is 10.4. The van der Waals surface area contributed by atoms with Gasteiger partial charge in [-0.05, 0) is 60.9 Å². The number of carbonyl (C=O) groups is 1. The average molecular weight is 568 g/mol. The van der Waals surface area contributed by atoms with Crippen molar-refractivity contribution in [1.29, 1.82) is 0 Å². The smallest absolute Gasteiger partial charge is 0.416 e. The van der Waals surface area contributed by atoms with Crippen molar-refractivity contribution in [2.24, 2.45) is 22.6 Å². The van der Waals surface area contributed by atoms with E-state index in [1.165, 1.54) is 13.5 Å². The maximum atomic E-state index is 13.1. The van der Waals surface area contributed by atoms with Crippen molar-refractivity contribution >= 4 is 23.1 Å². The molecule has 1 aromatic heterocycles. The van der Waals surface area contributed by atoms with E-state index in [0.717, 1.165) is 73.0 Å². The van der Waals surface area contributed by atoms with Gasteiger partial charge in [-0.2, -0.15) is 13.2 Å². The summed E-state index contributed by atoms with van der Waals surface area (Å²) >= 11 is 0. The topological polar surface area (TPSA) is 92.8 Å². The molecule has 1 aliphatic carbocycles. The van der Waals surface area contributed by atoms with Crippen LogP contribution in [0.15, 0.2) is 71.9 Å². The van der Waals surface area contributed by atoms with Gasteiger partial charge in [-0.25, -0.2) is 9.98 Å². The number of alkyl halides is 3. The van der Waals surface area contributed by atoms with Crippen LogP contribution in [-0.2, 0) is 6.18 Å². The molecule has 1 amide bonds. The van der Waals surface area contributed by atoms with Crippen LogP contribution in [0.3, 0.4) is 0 Å². The molecule has 0 bridgehead atoms. The van der Waals surface area contributed by atoms with Crippen LogP contribution >= 0.6 is 0 Å². The number of hydrogen-bond acceptors (Lipinski definition) is 6. The first kappa shape index (κ1) is 29.9. The van der Waals surface area contributed by atoms with Gasteiger partial charge >= 0.3 is 6.18 Å². The molecule has 3 N–H and O–H groups in total. The maximum absolute atomic E-state index is 13.1. The Morgan fingerprint density at radius 2 is 1.95 bits per heavy atom. The molecule has 10 heteroatoms. The van der Waals surface area contributed by atoms with Crippen molar-refractivity contribution in [3.63, 3.8) is 0 Å². The highest BCUT2D eigenvalue weighted by Gasteiger charge is 2.32. The summed E-state index contributed by atoms with van der Waals surface area (Å²) in [6.45, 7) is 8.63. The molecule has 41 heavy (non-hydrogen) atoms. The lowest BCUT2D eigenvalue weighted by molar-refractivity contribution is -0.137. The zero-order valence-corrected chi connectivity index (χ0v) is 23.6. The third-order valence-electron chi connectivity index (χ3n) is 7.74. The first-order chi connectivity index (χ1) is 19.5. The first-order valence-electron chi connectivity index (χ1n) is 13.8. The molecule has 2 aliphatic rings. The van der Waals surface area contributed by atoms with Crippen LogP contribution in [0.2, 0.25) is 0 Å². The van der Waals surface area contributed by atoms with Crippen LogP contribution in [0, 0.1) is 11.8 Å². The van der Waals surface area contributed by atoms with Crippen molar-refractivity contribution in [1.82, 2.24) is 9.88 Å². The van der Waals surface area contributed by atoms with Gasteiger partial charge in [-0.3, -0.25) is 4.79 Å². The Bertz CT molecular complexity index is 1390. The van der Waals surface area contributed by atoms with Crippen LogP contribution < -0.4 is 15.8 Å². The van der Waals surface area contributed by atoms with Crippen LogP contribution in [0.25, 0.3) is 5.57 Å². The Kier molecular flexibility index (Phi) is 9.20. The number of ether oxygens (including phenoxy) is 1. The van der Waals surface area contributed by atoms with Gasteiger partial charge < -0.3 is 20.7 Å². The minimum Gasteiger partial charge on any atom is -0.496 e. The highest BCUT2D eigenvalue weighted by Crippen LogP contribution is 2.41. The molecule has 1 saturated carbocycles. The van der Waals surface area contributed by atoms with Crippen LogP contribution in [0.4, 0.5) is 19.0 Å². The molecular formula is C31H36F3N5O2. The maximum Gasteiger partial charge on any atom is 0.416 e. The van der Waals surface area contributed by atoms with E-state index in [0.29, 0.717) is 17.5 Å². The molecule has 4 rings (SSSR count). The van der Waals surface area contributed by atoms with Gasteiger partial charge in [0.2, 0.25) is 0 Å². The fraction of sp³-hybridized carbons (Fsp3) is 0.387. The number of nitrogens with zero attached hydrogens (tertiary/aromatic N) is 3. The quantitative estimate of drug-likeness (QED) is 0.348. The Labute approximate surface area is 238 Å². The van der Waals surface area contributed by atoms with E-state index in [2.05, 4.69) is 35.7 Å². The molecule has 0 saturated heterocycles. The van der Waals surface area contributed by atoms with Crippen molar-refractivity contribution in [3.8, 4) is 5.75 Å². The number of anilines is 1. The number of aliphatic imine (C=N–C) groups is 1. The number of amidine groups is 1. The molecule has 0 spiro atoms. The Morgan fingerprint density at radius 3 is 2.61 bits per heavy atom. The van der Waals surface area contributed by atoms with E-state index in [1.807, 2.05) is 11.1 Å². The van der Waals surface area contributed by atoms with Gasteiger partial charge in [-0.15, -0.1) is 0 Å². The predicted molar refractivity (Wildman–Crippen MR) is 155 cm³/mol. The second kappa shape index (κ2) is 12.6. The Morgan fingerprint density at radius 1 is 1.22 bits per heavy atom. The number of methoxy groups -OCH3 is 1. The number of amides is 1. The van der Waals surface area contributed by atoms with Gasteiger partial charge in [-0.1, -0.05) is 45.8 Å². The summed E-state index contributed by atoms with van der Waals surface area (Å²) < 4.78 is 45.1. The molecule has 7 nitrogen and oxygen atoms in total. The predicted octanol–water partition coefficient (Wildman–Crippen LogP) is 7.36. The molecular weight excluding hydrogens is 531 g/mol. The third-order valence-corrected chi connectivity index (χ3v) is 7.74. The van der Waals surface area contributed by atoms with E-state index in [1.54, 1.807) is 24.4 Å². The van der Waals surface area contributed by atoms with Crippen LogP contribution in [0.5, 0.6) is 5.75 Å². The third kappa shape index (κ3) is 6.64. The summed E-state index contributed by atoms with van der Waals surface area (Å²) in [5.74, 6) is 0.334. The number of nitrogens with two attached hydrogens (primary N) is 1. The van der Waals surface area contributed by atoms with Crippen molar-refractivity contribution < 1.29 is 22.7 Å². The van der Waals surface area contributed by atoms with Crippen LogP contribution in [-0.4, -0.2) is 28.7 Å². The number of aromatic nitrogens is 1.